The quantitative estimate of drug-likeness (QED) is 0.173. The molecular weight excluding hydrogens is 608 g/mol. The number of aromatic hydroxyl groups is 2. The molecular formula is C40H52O8. The van der Waals surface area contributed by atoms with Crippen LogP contribution in [-0.2, 0) is 31.8 Å². The molecule has 2 fully saturated rings. The van der Waals surface area contributed by atoms with Crippen LogP contribution in [0.2, 0.25) is 0 Å². The summed E-state index contributed by atoms with van der Waals surface area (Å²) in [5.41, 5.74) is 1.44. The zero-order valence-corrected chi connectivity index (χ0v) is 30.2. The highest BCUT2D eigenvalue weighted by molar-refractivity contribution is 6.18. The number of phenolic OH excluding ortho intramolecular Hbond substituents is 2. The van der Waals surface area contributed by atoms with E-state index >= 15 is 0 Å². The minimum absolute atomic E-state index is 0.0327. The van der Waals surface area contributed by atoms with Gasteiger partial charge in [-0.1, -0.05) is 47.1 Å². The largest absolute Gasteiger partial charge is 0.507 e. The third kappa shape index (κ3) is 5.60. The van der Waals surface area contributed by atoms with Crippen LogP contribution in [0.3, 0.4) is 0 Å². The van der Waals surface area contributed by atoms with Gasteiger partial charge in [0.1, 0.15) is 22.8 Å². The van der Waals surface area contributed by atoms with Crippen molar-refractivity contribution in [2.45, 2.75) is 117 Å². The molecule has 0 radical (unpaired) electrons. The molecule has 2 aliphatic heterocycles. The number of fused-ring (bicyclic) bond motifs is 1. The van der Waals surface area contributed by atoms with Crippen molar-refractivity contribution in [2.75, 3.05) is 14.2 Å². The molecule has 8 nitrogen and oxygen atoms in total. The second-order valence-electron chi connectivity index (χ2n) is 14.9. The minimum atomic E-state index is -1.52. The van der Waals surface area contributed by atoms with Crippen LogP contribution < -0.4 is 4.74 Å². The average Bonchev–Trinajstić information content (AvgIpc) is 3.17. The number of hydrogen-bond donors (Lipinski definition) is 2. The summed E-state index contributed by atoms with van der Waals surface area (Å²) in [4.78, 5) is 29.2. The minimum Gasteiger partial charge on any atom is -0.507 e. The lowest BCUT2D eigenvalue weighted by molar-refractivity contribution is -0.171. The zero-order chi connectivity index (χ0) is 35.3. The smallest absolute Gasteiger partial charge is 0.200 e. The number of allylic oxidation sites excluding steroid dienone is 7. The van der Waals surface area contributed by atoms with Gasteiger partial charge in [0.05, 0.1) is 5.60 Å². The van der Waals surface area contributed by atoms with E-state index in [4.69, 9.17) is 18.9 Å². The Hall–Kier alpha value is -3.46. The monoisotopic (exact) mass is 660 g/mol. The Morgan fingerprint density at radius 3 is 2.21 bits per heavy atom. The SMILES string of the molecule is COC(OC)/C(C)=C\C[C@@]12OC(C)(C)[C@@H]3C[C@@H](C=C4C(=O)c5c(O)c(C/C=C(\C)CCC=C(C)C)c(O)c(CC=C(C)C)c5O[C@]431)C2=O. The molecule has 4 bridgehead atoms. The Bertz CT molecular complexity index is 1660. The highest BCUT2D eigenvalue weighted by Gasteiger charge is 2.81. The van der Waals surface area contributed by atoms with E-state index in [0.29, 0.717) is 17.6 Å². The molecule has 2 N–H and O–H groups in total. The lowest BCUT2D eigenvalue weighted by Gasteiger charge is -2.56. The van der Waals surface area contributed by atoms with Gasteiger partial charge in [0.15, 0.2) is 29.1 Å². The highest BCUT2D eigenvalue weighted by atomic mass is 16.7. The summed E-state index contributed by atoms with van der Waals surface area (Å²) in [6, 6.07) is 0. The number of carbonyl (C=O) groups is 2. The molecule has 1 aromatic carbocycles. The maximum absolute atomic E-state index is 14.8. The van der Waals surface area contributed by atoms with Crippen LogP contribution in [0.4, 0.5) is 0 Å². The van der Waals surface area contributed by atoms with Crippen LogP contribution in [-0.4, -0.2) is 59.1 Å². The normalized spacial score (nSPS) is 27.0. The van der Waals surface area contributed by atoms with E-state index in [1.165, 1.54) is 5.57 Å². The number of rotatable bonds is 12. The molecule has 0 aromatic heterocycles. The van der Waals surface area contributed by atoms with Crippen molar-refractivity contribution in [1.82, 2.24) is 0 Å². The summed E-state index contributed by atoms with van der Waals surface area (Å²) in [6.07, 6.45) is 12.0. The number of methoxy groups -OCH3 is 2. The number of phenols is 2. The summed E-state index contributed by atoms with van der Waals surface area (Å²) in [7, 11) is 3.09. The van der Waals surface area contributed by atoms with Gasteiger partial charge < -0.3 is 29.2 Å². The molecule has 4 atom stereocenters. The van der Waals surface area contributed by atoms with Crippen LogP contribution >= 0.6 is 0 Å². The van der Waals surface area contributed by atoms with E-state index < -0.39 is 34.8 Å². The molecule has 5 aliphatic rings. The van der Waals surface area contributed by atoms with Crippen molar-refractivity contribution in [3.63, 3.8) is 0 Å². The summed E-state index contributed by atoms with van der Waals surface area (Å²) >= 11 is 0. The number of hydrogen-bond acceptors (Lipinski definition) is 8. The van der Waals surface area contributed by atoms with Crippen LogP contribution in [0.15, 0.2) is 58.2 Å². The van der Waals surface area contributed by atoms with Gasteiger partial charge in [-0.2, -0.15) is 0 Å². The van der Waals surface area contributed by atoms with Crippen molar-refractivity contribution >= 4 is 11.6 Å². The number of ether oxygens (including phenoxy) is 4. The van der Waals surface area contributed by atoms with Gasteiger partial charge in [-0.3, -0.25) is 9.59 Å². The Balaban J connectivity index is 1.70. The molecule has 3 aliphatic carbocycles. The van der Waals surface area contributed by atoms with E-state index in [-0.39, 0.29) is 59.3 Å². The second-order valence-corrected chi connectivity index (χ2v) is 14.9. The molecule has 260 valence electrons. The van der Waals surface area contributed by atoms with E-state index in [1.807, 2.05) is 59.8 Å². The predicted octanol–water partition coefficient (Wildman–Crippen LogP) is 7.80. The van der Waals surface area contributed by atoms with Crippen molar-refractivity contribution in [2.24, 2.45) is 11.8 Å². The Morgan fingerprint density at radius 1 is 0.938 bits per heavy atom. The van der Waals surface area contributed by atoms with Gasteiger partial charge in [-0.05, 0) is 93.1 Å². The maximum atomic E-state index is 14.8. The Labute approximate surface area is 285 Å². The van der Waals surface area contributed by atoms with E-state index in [1.54, 1.807) is 20.3 Å². The van der Waals surface area contributed by atoms with Gasteiger partial charge >= 0.3 is 0 Å². The fourth-order valence-corrected chi connectivity index (χ4v) is 8.29. The fourth-order valence-electron chi connectivity index (χ4n) is 8.29. The molecule has 48 heavy (non-hydrogen) atoms. The molecule has 6 rings (SSSR count). The standard InChI is InChI=1S/C40H52O8/c1-22(2)12-11-13-24(5)15-17-27-32(41)28(16-14-23(3)4)35-31(33(27)42)34(43)29-20-26-21-30-38(7,8)48-39(36(26)44,40(29,30)47-35)19-18-25(6)37(45-9)46-10/h12,14-15,18,20,26,30,37,41-42H,11,13,16-17,19,21H2,1-10H3/b24-15+,25-18-/t26-,30+,39+,40-/m1/s1. The van der Waals surface area contributed by atoms with Gasteiger partial charge in [0, 0.05) is 49.2 Å². The van der Waals surface area contributed by atoms with Crippen molar-refractivity contribution in [3.05, 3.63) is 74.9 Å². The van der Waals surface area contributed by atoms with Crippen LogP contribution in [0, 0.1) is 11.8 Å². The summed E-state index contributed by atoms with van der Waals surface area (Å²) in [5.74, 6) is -1.68. The van der Waals surface area contributed by atoms with Crippen molar-refractivity contribution < 1.29 is 38.7 Å². The van der Waals surface area contributed by atoms with Crippen LogP contribution in [0.25, 0.3) is 0 Å². The number of Topliss-reactive ketones (excluding diaryl/α,β-unsaturated/α-hetero) is 2. The van der Waals surface area contributed by atoms with E-state index in [2.05, 4.69) is 19.9 Å². The highest BCUT2D eigenvalue weighted by Crippen LogP contribution is 2.68. The third-order valence-electron chi connectivity index (χ3n) is 10.7. The average molecular weight is 661 g/mol. The summed E-state index contributed by atoms with van der Waals surface area (Å²) in [5, 5.41) is 23.6. The fraction of sp³-hybridized carbons (Fsp3) is 0.550. The van der Waals surface area contributed by atoms with Gasteiger partial charge in [0.2, 0.25) is 0 Å². The first kappa shape index (κ1) is 35.8. The summed E-state index contributed by atoms with van der Waals surface area (Å²) in [6.45, 7) is 15.8. The molecule has 1 saturated heterocycles. The second kappa shape index (κ2) is 13.1. The number of ketones is 2. The molecule has 8 heteroatoms. The Kier molecular flexibility index (Phi) is 9.78. The first-order chi connectivity index (χ1) is 22.6. The molecule has 1 saturated carbocycles. The molecule has 1 aromatic rings. The first-order valence-corrected chi connectivity index (χ1v) is 17.0. The molecule has 0 amide bonds. The Morgan fingerprint density at radius 2 is 1.58 bits per heavy atom. The van der Waals surface area contributed by atoms with E-state index in [9.17, 15) is 19.8 Å². The first-order valence-electron chi connectivity index (χ1n) is 17.0. The van der Waals surface area contributed by atoms with Crippen molar-refractivity contribution in [3.8, 4) is 17.2 Å². The lowest BCUT2D eigenvalue weighted by Crippen LogP contribution is -2.72. The predicted molar refractivity (Wildman–Crippen MR) is 185 cm³/mol. The molecule has 0 unspecified atom stereocenters. The number of carbonyl (C=O) groups excluding carboxylic acids is 2. The maximum Gasteiger partial charge on any atom is 0.200 e. The molecule has 2 heterocycles. The topological polar surface area (TPSA) is 112 Å². The third-order valence-corrected chi connectivity index (χ3v) is 10.7. The van der Waals surface area contributed by atoms with E-state index in [0.717, 1.165) is 29.6 Å². The number of benzene rings is 1. The van der Waals surface area contributed by atoms with Gasteiger partial charge in [-0.15, -0.1) is 0 Å². The molecule has 1 spiro atoms. The van der Waals surface area contributed by atoms with Crippen molar-refractivity contribution in [1.29, 1.82) is 0 Å². The lowest BCUT2D eigenvalue weighted by atomic mass is 9.51. The summed E-state index contributed by atoms with van der Waals surface area (Å²) < 4.78 is 24.8. The van der Waals surface area contributed by atoms with Gasteiger partial charge in [-0.25, -0.2) is 0 Å². The van der Waals surface area contributed by atoms with Gasteiger partial charge in [0.25, 0.3) is 0 Å². The van der Waals surface area contributed by atoms with Crippen LogP contribution in [0.1, 0.15) is 103 Å². The zero-order valence-electron chi connectivity index (χ0n) is 30.2. The van der Waals surface area contributed by atoms with Crippen LogP contribution in [0.5, 0.6) is 17.2 Å².